The molecular formula is C18H21F3N2O3S2. The van der Waals surface area contributed by atoms with Gasteiger partial charge in [0.25, 0.3) is 10.0 Å². The predicted octanol–water partition coefficient (Wildman–Crippen LogP) is 3.48. The van der Waals surface area contributed by atoms with Gasteiger partial charge in [-0.15, -0.1) is 11.3 Å². The van der Waals surface area contributed by atoms with Crippen LogP contribution in [0.2, 0.25) is 0 Å². The van der Waals surface area contributed by atoms with Gasteiger partial charge in [0.1, 0.15) is 4.21 Å². The SMILES string of the molecule is CN(CC(=O)NCC(C)(C)c1cccc(C(F)(F)F)c1)S(=O)(=O)c1cccs1. The smallest absolute Gasteiger partial charge is 0.354 e. The number of hydrogen-bond donors (Lipinski definition) is 1. The topological polar surface area (TPSA) is 66.5 Å². The fourth-order valence-electron chi connectivity index (χ4n) is 2.45. The lowest BCUT2D eigenvalue weighted by atomic mass is 9.83. The summed E-state index contributed by atoms with van der Waals surface area (Å²) in [4.78, 5) is 12.2. The highest BCUT2D eigenvalue weighted by molar-refractivity contribution is 7.91. The maximum Gasteiger partial charge on any atom is 0.416 e. The summed E-state index contributed by atoms with van der Waals surface area (Å²) >= 11 is 1.05. The van der Waals surface area contributed by atoms with Crippen LogP contribution in [0.3, 0.4) is 0 Å². The van der Waals surface area contributed by atoms with Crippen LogP contribution in [-0.4, -0.2) is 38.8 Å². The third kappa shape index (κ3) is 5.33. The number of alkyl halides is 3. The molecule has 0 fully saturated rings. The zero-order chi connectivity index (χ0) is 21.2. The average Bonchev–Trinajstić information content (AvgIpc) is 3.15. The van der Waals surface area contributed by atoms with Crippen LogP contribution in [0.4, 0.5) is 13.2 Å². The van der Waals surface area contributed by atoms with Gasteiger partial charge in [0.05, 0.1) is 12.1 Å². The number of rotatable bonds is 7. The van der Waals surface area contributed by atoms with Crippen LogP contribution in [0, 0.1) is 0 Å². The molecule has 0 aliphatic heterocycles. The van der Waals surface area contributed by atoms with Gasteiger partial charge < -0.3 is 5.32 Å². The lowest BCUT2D eigenvalue weighted by molar-refractivity contribution is -0.137. The standard InChI is InChI=1S/C18H21F3N2O3S2/c1-17(2,13-6-4-7-14(10-13)18(19,20)21)12-22-15(24)11-23(3)28(25,26)16-8-5-9-27-16/h4-10H,11-12H2,1-3H3,(H,22,24). The van der Waals surface area contributed by atoms with Gasteiger partial charge in [-0.3, -0.25) is 4.79 Å². The second-order valence-corrected chi connectivity index (χ2v) is 10.2. The van der Waals surface area contributed by atoms with Gasteiger partial charge in [0, 0.05) is 19.0 Å². The van der Waals surface area contributed by atoms with E-state index in [2.05, 4.69) is 5.32 Å². The average molecular weight is 435 g/mol. The van der Waals surface area contributed by atoms with Crippen molar-refractivity contribution in [2.75, 3.05) is 20.1 Å². The molecule has 0 saturated heterocycles. The van der Waals surface area contributed by atoms with E-state index in [4.69, 9.17) is 0 Å². The fraction of sp³-hybridized carbons (Fsp3) is 0.389. The van der Waals surface area contributed by atoms with E-state index in [1.54, 1.807) is 31.4 Å². The van der Waals surface area contributed by atoms with Crippen molar-refractivity contribution in [3.63, 3.8) is 0 Å². The molecule has 0 radical (unpaired) electrons. The third-order valence-corrected chi connectivity index (χ3v) is 7.40. The van der Waals surface area contributed by atoms with Crippen molar-refractivity contribution in [3.8, 4) is 0 Å². The van der Waals surface area contributed by atoms with Crippen LogP contribution in [0.25, 0.3) is 0 Å². The van der Waals surface area contributed by atoms with Crippen LogP contribution in [0.1, 0.15) is 25.0 Å². The largest absolute Gasteiger partial charge is 0.416 e. The monoisotopic (exact) mass is 434 g/mol. The molecule has 1 heterocycles. The van der Waals surface area contributed by atoms with Crippen molar-refractivity contribution < 1.29 is 26.4 Å². The number of carbonyl (C=O) groups is 1. The summed E-state index contributed by atoms with van der Waals surface area (Å²) in [5, 5.41) is 4.23. The molecule has 10 heteroatoms. The van der Waals surface area contributed by atoms with Crippen molar-refractivity contribution in [1.29, 1.82) is 0 Å². The van der Waals surface area contributed by atoms with E-state index in [0.717, 1.165) is 27.8 Å². The number of hydrogen-bond acceptors (Lipinski definition) is 4. The van der Waals surface area contributed by atoms with Crippen molar-refractivity contribution in [2.24, 2.45) is 0 Å². The van der Waals surface area contributed by atoms with Crippen LogP contribution < -0.4 is 5.32 Å². The van der Waals surface area contributed by atoms with Crippen LogP contribution >= 0.6 is 11.3 Å². The minimum absolute atomic E-state index is 0.0556. The number of amides is 1. The van der Waals surface area contributed by atoms with E-state index >= 15 is 0 Å². The molecule has 1 aromatic carbocycles. The number of nitrogens with zero attached hydrogens (tertiary/aromatic N) is 1. The Balaban J connectivity index is 2.02. The first kappa shape index (κ1) is 22.4. The van der Waals surface area contributed by atoms with Crippen LogP contribution in [0.5, 0.6) is 0 Å². The summed E-state index contributed by atoms with van der Waals surface area (Å²) < 4.78 is 64.5. The van der Waals surface area contributed by atoms with E-state index in [1.165, 1.54) is 19.2 Å². The Labute approximate surface area is 166 Å². The van der Waals surface area contributed by atoms with Gasteiger partial charge in [-0.05, 0) is 23.1 Å². The number of benzene rings is 1. The summed E-state index contributed by atoms with van der Waals surface area (Å²) in [6, 6.07) is 7.98. The normalized spacial score (nSPS) is 13.0. The fourth-order valence-corrected chi connectivity index (χ4v) is 4.77. The molecule has 5 nitrogen and oxygen atoms in total. The van der Waals surface area contributed by atoms with Crippen molar-refractivity contribution >= 4 is 27.3 Å². The Morgan fingerprint density at radius 2 is 1.79 bits per heavy atom. The molecule has 0 atom stereocenters. The van der Waals surface area contributed by atoms with Crippen molar-refractivity contribution in [2.45, 2.75) is 29.6 Å². The zero-order valence-electron chi connectivity index (χ0n) is 15.6. The predicted molar refractivity (Wildman–Crippen MR) is 102 cm³/mol. The maximum absolute atomic E-state index is 12.9. The van der Waals surface area contributed by atoms with Crippen molar-refractivity contribution in [3.05, 3.63) is 52.9 Å². The first-order valence-electron chi connectivity index (χ1n) is 8.28. The Hall–Kier alpha value is -1.91. The molecule has 0 unspecified atom stereocenters. The zero-order valence-corrected chi connectivity index (χ0v) is 17.2. The van der Waals surface area contributed by atoms with E-state index < -0.39 is 33.1 Å². The Morgan fingerprint density at radius 3 is 2.36 bits per heavy atom. The van der Waals surface area contributed by atoms with Crippen LogP contribution in [0.15, 0.2) is 46.0 Å². The summed E-state index contributed by atoms with van der Waals surface area (Å²) in [5.41, 5.74) is -1.12. The lowest BCUT2D eigenvalue weighted by Crippen LogP contribution is -2.42. The summed E-state index contributed by atoms with van der Waals surface area (Å²) in [7, 11) is -2.45. The molecular weight excluding hydrogens is 413 g/mol. The molecule has 1 aromatic heterocycles. The first-order valence-corrected chi connectivity index (χ1v) is 10.6. The first-order chi connectivity index (χ1) is 12.8. The highest BCUT2D eigenvalue weighted by atomic mass is 32.2. The number of likely N-dealkylation sites (N-methyl/N-ethyl adjacent to an activating group) is 1. The quantitative estimate of drug-likeness (QED) is 0.726. The summed E-state index contributed by atoms with van der Waals surface area (Å²) in [6.07, 6.45) is -4.45. The lowest BCUT2D eigenvalue weighted by Gasteiger charge is -2.27. The molecule has 0 spiro atoms. The number of thiophene rings is 1. The molecule has 2 rings (SSSR count). The Bertz CT molecular complexity index is 924. The maximum atomic E-state index is 12.9. The molecule has 0 aliphatic rings. The minimum atomic E-state index is -4.45. The molecule has 154 valence electrons. The van der Waals surface area contributed by atoms with Gasteiger partial charge in [0.2, 0.25) is 5.91 Å². The van der Waals surface area contributed by atoms with Gasteiger partial charge >= 0.3 is 6.18 Å². The number of nitrogens with one attached hydrogen (secondary N) is 1. The Kier molecular flexibility index (Phi) is 6.57. The van der Waals surface area contributed by atoms with Gasteiger partial charge in [-0.25, -0.2) is 8.42 Å². The van der Waals surface area contributed by atoms with E-state index in [0.29, 0.717) is 5.56 Å². The molecule has 2 aromatic rings. The molecule has 1 N–H and O–H groups in total. The number of halogens is 3. The highest BCUT2D eigenvalue weighted by Crippen LogP contribution is 2.32. The third-order valence-electron chi connectivity index (χ3n) is 4.22. The van der Waals surface area contributed by atoms with E-state index in [-0.39, 0.29) is 17.3 Å². The van der Waals surface area contributed by atoms with Gasteiger partial charge in [-0.2, -0.15) is 17.5 Å². The molecule has 0 saturated carbocycles. The second-order valence-electron chi connectivity index (χ2n) is 6.93. The molecule has 0 aliphatic carbocycles. The minimum Gasteiger partial charge on any atom is -0.354 e. The second kappa shape index (κ2) is 8.22. The highest BCUT2D eigenvalue weighted by Gasteiger charge is 2.32. The van der Waals surface area contributed by atoms with Crippen molar-refractivity contribution in [1.82, 2.24) is 9.62 Å². The number of carbonyl (C=O) groups excluding carboxylic acids is 1. The van der Waals surface area contributed by atoms with Gasteiger partial charge in [0.15, 0.2) is 0 Å². The van der Waals surface area contributed by atoms with Gasteiger partial charge in [-0.1, -0.05) is 38.1 Å². The van der Waals surface area contributed by atoms with E-state index in [1.807, 2.05) is 0 Å². The molecule has 0 bridgehead atoms. The molecule has 1 amide bonds. The summed E-state index contributed by atoms with van der Waals surface area (Å²) in [6.45, 7) is 3.07. The summed E-state index contributed by atoms with van der Waals surface area (Å²) in [5.74, 6) is -0.539. The number of sulfonamides is 1. The Morgan fingerprint density at radius 1 is 1.14 bits per heavy atom. The van der Waals surface area contributed by atoms with Crippen LogP contribution in [-0.2, 0) is 26.4 Å². The van der Waals surface area contributed by atoms with E-state index in [9.17, 15) is 26.4 Å². The molecule has 28 heavy (non-hydrogen) atoms.